The van der Waals surface area contributed by atoms with Crippen LogP contribution in [0.2, 0.25) is 0 Å². The molecule has 3 aromatic rings. The SMILES string of the molecule is O=C(O)CCN1C2=C(C(=O)CCC2)C(c2c(OCc3ccc(F)cc3)ccc3ccccc23)C2=C1CCCC2=O. The molecule has 1 heterocycles. The van der Waals surface area contributed by atoms with Gasteiger partial charge in [0, 0.05) is 53.4 Å². The highest BCUT2D eigenvalue weighted by Gasteiger charge is 2.44. The van der Waals surface area contributed by atoms with Crippen LogP contribution in [0.25, 0.3) is 10.8 Å². The molecule has 3 aromatic carbocycles. The number of ether oxygens (including phenoxy) is 1. The van der Waals surface area contributed by atoms with Crippen molar-refractivity contribution < 1.29 is 28.6 Å². The number of nitrogens with zero attached hydrogens (tertiary/aromatic N) is 1. The van der Waals surface area contributed by atoms with Crippen molar-refractivity contribution in [3.8, 4) is 5.75 Å². The van der Waals surface area contributed by atoms with Crippen LogP contribution in [0, 0.1) is 5.82 Å². The molecule has 2 aliphatic carbocycles. The molecule has 6 rings (SSSR count). The van der Waals surface area contributed by atoms with Crippen molar-refractivity contribution in [2.75, 3.05) is 6.54 Å². The molecule has 0 unspecified atom stereocenters. The largest absolute Gasteiger partial charge is 0.489 e. The Kier molecular flexibility index (Phi) is 6.96. The molecule has 0 spiro atoms. The third kappa shape index (κ3) is 4.70. The van der Waals surface area contributed by atoms with Gasteiger partial charge in [0.25, 0.3) is 0 Å². The van der Waals surface area contributed by atoms with Crippen molar-refractivity contribution in [1.82, 2.24) is 4.90 Å². The summed E-state index contributed by atoms with van der Waals surface area (Å²) in [5, 5.41) is 11.3. The number of halogens is 1. The number of aliphatic carboxylic acids is 1. The summed E-state index contributed by atoms with van der Waals surface area (Å²) in [6.45, 7) is 0.423. The molecule has 1 N–H and O–H groups in total. The Balaban J connectivity index is 1.56. The highest BCUT2D eigenvalue weighted by Crippen LogP contribution is 2.52. The van der Waals surface area contributed by atoms with E-state index in [4.69, 9.17) is 4.74 Å². The number of carbonyl (C=O) groups is 3. The van der Waals surface area contributed by atoms with Gasteiger partial charge in [-0.15, -0.1) is 0 Å². The molecule has 3 aliphatic rings. The van der Waals surface area contributed by atoms with E-state index in [2.05, 4.69) is 0 Å². The topological polar surface area (TPSA) is 83.9 Å². The van der Waals surface area contributed by atoms with Gasteiger partial charge in [0.15, 0.2) is 11.6 Å². The normalized spacial score (nSPS) is 17.8. The molecular weight excluding hydrogens is 509 g/mol. The van der Waals surface area contributed by atoms with E-state index in [1.165, 1.54) is 12.1 Å². The molecule has 7 heteroatoms. The first-order chi connectivity index (χ1) is 19.4. The number of ketones is 2. The standard InChI is InChI=1S/C33H30FNO5/c34-22-14-11-20(12-15-22)19-40-28-16-13-21-5-1-2-6-23(21)30(28)33-31-24(7-3-9-26(31)36)35(18-17-29(38)39)25-8-4-10-27(37)32(25)33/h1-2,5-6,11-16,33H,3-4,7-10,17-19H2,(H,38,39). The van der Waals surface area contributed by atoms with Gasteiger partial charge >= 0.3 is 5.97 Å². The van der Waals surface area contributed by atoms with Crippen LogP contribution in [-0.2, 0) is 21.0 Å². The zero-order valence-electron chi connectivity index (χ0n) is 22.1. The van der Waals surface area contributed by atoms with Crippen LogP contribution in [0.5, 0.6) is 5.75 Å². The third-order valence-corrected chi connectivity index (χ3v) is 8.16. The van der Waals surface area contributed by atoms with Crippen LogP contribution < -0.4 is 4.74 Å². The van der Waals surface area contributed by atoms with E-state index in [-0.39, 0.29) is 37.0 Å². The fourth-order valence-electron chi connectivity index (χ4n) is 6.42. The number of rotatable bonds is 7. The highest BCUT2D eigenvalue weighted by molar-refractivity contribution is 6.08. The molecular formula is C33H30FNO5. The fourth-order valence-corrected chi connectivity index (χ4v) is 6.42. The minimum atomic E-state index is -0.916. The predicted molar refractivity (Wildman–Crippen MR) is 148 cm³/mol. The Bertz CT molecular complexity index is 1540. The molecule has 0 bridgehead atoms. The maximum absolute atomic E-state index is 13.7. The number of Topliss-reactive ketones (excluding diaryl/α,β-unsaturated/α-hetero) is 2. The van der Waals surface area contributed by atoms with Gasteiger partial charge in [-0.1, -0.05) is 42.5 Å². The van der Waals surface area contributed by atoms with Gasteiger partial charge in [0.1, 0.15) is 18.2 Å². The molecule has 0 fully saturated rings. The van der Waals surface area contributed by atoms with Crippen LogP contribution >= 0.6 is 0 Å². The summed E-state index contributed by atoms with van der Waals surface area (Å²) >= 11 is 0. The summed E-state index contributed by atoms with van der Waals surface area (Å²) in [5.74, 6) is -1.28. The predicted octanol–water partition coefficient (Wildman–Crippen LogP) is 6.45. The molecule has 0 atom stereocenters. The van der Waals surface area contributed by atoms with Crippen LogP contribution in [-0.4, -0.2) is 34.1 Å². The maximum atomic E-state index is 13.7. The first-order valence-corrected chi connectivity index (χ1v) is 13.8. The minimum Gasteiger partial charge on any atom is -0.489 e. The first kappa shape index (κ1) is 26.0. The van der Waals surface area contributed by atoms with Gasteiger partial charge in [-0.3, -0.25) is 14.4 Å². The molecule has 40 heavy (non-hydrogen) atoms. The molecule has 0 saturated heterocycles. The van der Waals surface area contributed by atoms with Gasteiger partial charge < -0.3 is 14.7 Å². The lowest BCUT2D eigenvalue weighted by Gasteiger charge is -2.44. The number of hydrogen-bond acceptors (Lipinski definition) is 5. The average molecular weight is 540 g/mol. The van der Waals surface area contributed by atoms with E-state index in [9.17, 15) is 23.9 Å². The van der Waals surface area contributed by atoms with Crippen molar-refractivity contribution in [2.45, 2.75) is 57.5 Å². The molecule has 0 amide bonds. The average Bonchev–Trinajstić information content (AvgIpc) is 2.95. The van der Waals surface area contributed by atoms with E-state index >= 15 is 0 Å². The van der Waals surface area contributed by atoms with Crippen LogP contribution in [0.15, 0.2) is 83.2 Å². The number of fused-ring (bicyclic) bond motifs is 1. The summed E-state index contributed by atoms with van der Waals surface area (Å²) in [7, 11) is 0. The molecule has 0 saturated carbocycles. The zero-order valence-corrected chi connectivity index (χ0v) is 22.1. The van der Waals surface area contributed by atoms with E-state index < -0.39 is 11.9 Å². The summed E-state index contributed by atoms with van der Waals surface area (Å²) in [5.41, 5.74) is 4.44. The van der Waals surface area contributed by atoms with Crippen molar-refractivity contribution in [3.05, 3.63) is 100 Å². The Morgan fingerprint density at radius 2 is 1.52 bits per heavy atom. The highest BCUT2D eigenvalue weighted by atomic mass is 19.1. The second-order valence-electron chi connectivity index (χ2n) is 10.6. The second kappa shape index (κ2) is 10.7. The lowest BCUT2D eigenvalue weighted by Crippen LogP contribution is -2.40. The molecule has 204 valence electrons. The zero-order chi connectivity index (χ0) is 27.8. The van der Waals surface area contributed by atoms with Gasteiger partial charge in [-0.2, -0.15) is 0 Å². The van der Waals surface area contributed by atoms with Gasteiger partial charge in [-0.05, 0) is 60.2 Å². The summed E-state index contributed by atoms with van der Waals surface area (Å²) in [4.78, 5) is 41.0. The summed E-state index contributed by atoms with van der Waals surface area (Å²) < 4.78 is 19.9. The second-order valence-corrected chi connectivity index (χ2v) is 10.6. The lowest BCUT2D eigenvalue weighted by atomic mass is 9.70. The smallest absolute Gasteiger partial charge is 0.305 e. The van der Waals surface area contributed by atoms with Gasteiger partial charge in [0.05, 0.1) is 6.42 Å². The summed E-state index contributed by atoms with van der Waals surface area (Å²) in [6.07, 6.45) is 3.37. The summed E-state index contributed by atoms with van der Waals surface area (Å²) in [6, 6.07) is 17.9. The monoisotopic (exact) mass is 539 g/mol. The van der Waals surface area contributed by atoms with Crippen molar-refractivity contribution in [2.24, 2.45) is 0 Å². The van der Waals surface area contributed by atoms with Crippen LogP contribution in [0.3, 0.4) is 0 Å². The molecule has 0 radical (unpaired) electrons. The Morgan fingerprint density at radius 3 is 2.17 bits per heavy atom. The molecule has 6 nitrogen and oxygen atoms in total. The van der Waals surface area contributed by atoms with Gasteiger partial charge in [0.2, 0.25) is 0 Å². The van der Waals surface area contributed by atoms with Crippen LogP contribution in [0.4, 0.5) is 4.39 Å². The van der Waals surface area contributed by atoms with E-state index in [1.54, 1.807) is 12.1 Å². The van der Waals surface area contributed by atoms with Crippen molar-refractivity contribution in [1.29, 1.82) is 0 Å². The van der Waals surface area contributed by atoms with E-state index in [1.807, 2.05) is 41.3 Å². The number of carboxylic acid groups (broad SMARTS) is 1. The Morgan fingerprint density at radius 1 is 0.875 bits per heavy atom. The lowest BCUT2D eigenvalue weighted by molar-refractivity contribution is -0.137. The Labute approximate surface area is 231 Å². The molecule has 1 aliphatic heterocycles. The number of benzene rings is 3. The molecule has 0 aromatic heterocycles. The van der Waals surface area contributed by atoms with Crippen molar-refractivity contribution in [3.63, 3.8) is 0 Å². The quantitative estimate of drug-likeness (QED) is 0.372. The number of carbonyl (C=O) groups excluding carboxylic acids is 2. The number of hydrogen-bond donors (Lipinski definition) is 1. The fraction of sp³-hybridized carbons (Fsp3) is 0.303. The van der Waals surface area contributed by atoms with E-state index in [0.29, 0.717) is 55.4 Å². The van der Waals surface area contributed by atoms with Crippen molar-refractivity contribution >= 4 is 28.3 Å². The first-order valence-electron chi connectivity index (χ1n) is 13.8. The third-order valence-electron chi connectivity index (χ3n) is 8.16. The maximum Gasteiger partial charge on any atom is 0.305 e. The Hall–Kier alpha value is -4.26. The minimum absolute atomic E-state index is 0.00563. The van der Waals surface area contributed by atoms with Crippen LogP contribution in [0.1, 0.15) is 62.0 Å². The van der Waals surface area contributed by atoms with Gasteiger partial charge in [-0.25, -0.2) is 4.39 Å². The van der Waals surface area contributed by atoms with E-state index in [0.717, 1.165) is 33.3 Å². The number of allylic oxidation sites excluding steroid dienone is 4. The number of carboxylic acids is 1.